The van der Waals surface area contributed by atoms with Crippen LogP contribution in [0.4, 0.5) is 5.69 Å². The Morgan fingerprint density at radius 3 is 2.61 bits per heavy atom. The zero-order valence-electron chi connectivity index (χ0n) is 16.8. The third kappa shape index (κ3) is 3.10. The van der Waals surface area contributed by atoms with E-state index in [9.17, 15) is 9.59 Å². The highest BCUT2D eigenvalue weighted by atomic mass is 79.9. The van der Waals surface area contributed by atoms with Crippen LogP contribution in [0.25, 0.3) is 0 Å². The standard InChI is InChI=1S/C25H20BrClN2O2/c1-14-5-2-3-8-18(14)23-25(19-10-9-16(26)12-21(19)28-24(25)31)20(13-22(30)29-23)15-6-4-7-17(27)11-15/h2-12,20,23H,13H2,1H3,(H,28,31)(H,29,30)/t20?,23?,25-/m0/s1. The van der Waals surface area contributed by atoms with Gasteiger partial charge in [-0.05, 0) is 53.4 Å². The number of carbonyl (C=O) groups excluding carboxylic acids is 2. The number of aryl methyl sites for hydroxylation is 1. The molecule has 2 amide bonds. The molecule has 4 nitrogen and oxygen atoms in total. The minimum absolute atomic E-state index is 0.0813. The van der Waals surface area contributed by atoms with E-state index < -0.39 is 11.5 Å². The maximum atomic E-state index is 13.9. The second-order valence-corrected chi connectivity index (χ2v) is 9.53. The Bertz CT molecular complexity index is 1230. The van der Waals surface area contributed by atoms with Gasteiger partial charge in [0.1, 0.15) is 5.41 Å². The number of amides is 2. The summed E-state index contributed by atoms with van der Waals surface area (Å²) in [5, 5.41) is 6.84. The largest absolute Gasteiger partial charge is 0.348 e. The van der Waals surface area contributed by atoms with Crippen molar-refractivity contribution >= 4 is 45.0 Å². The van der Waals surface area contributed by atoms with Crippen LogP contribution in [-0.4, -0.2) is 11.8 Å². The van der Waals surface area contributed by atoms with Crippen molar-refractivity contribution in [1.29, 1.82) is 0 Å². The lowest BCUT2D eigenvalue weighted by atomic mass is 9.59. The first-order valence-corrected chi connectivity index (χ1v) is 11.3. The smallest absolute Gasteiger partial charge is 0.238 e. The number of anilines is 1. The van der Waals surface area contributed by atoms with Gasteiger partial charge in [-0.2, -0.15) is 0 Å². The second-order valence-electron chi connectivity index (χ2n) is 8.18. The molecule has 0 saturated carbocycles. The lowest BCUT2D eigenvalue weighted by Crippen LogP contribution is -2.57. The van der Waals surface area contributed by atoms with Crippen molar-refractivity contribution in [3.05, 3.63) is 98.5 Å². The van der Waals surface area contributed by atoms with Gasteiger partial charge in [0.25, 0.3) is 0 Å². The SMILES string of the molecule is Cc1ccccc1C1NC(=O)CC(c2cccc(Cl)c2)[C@]12C(=O)Nc1cc(Br)ccc12. The fourth-order valence-corrected chi connectivity index (χ4v) is 5.74. The van der Waals surface area contributed by atoms with Gasteiger partial charge in [0, 0.05) is 27.5 Å². The van der Waals surface area contributed by atoms with Gasteiger partial charge >= 0.3 is 0 Å². The first-order valence-electron chi connectivity index (χ1n) is 10.1. The normalized spacial score (nSPS) is 24.6. The average molecular weight is 496 g/mol. The summed E-state index contributed by atoms with van der Waals surface area (Å²) in [6.45, 7) is 2.01. The van der Waals surface area contributed by atoms with Gasteiger partial charge in [0.2, 0.25) is 11.8 Å². The Hall–Kier alpha value is -2.63. The number of hydrogen-bond acceptors (Lipinski definition) is 2. The first kappa shape index (κ1) is 20.3. The van der Waals surface area contributed by atoms with Crippen molar-refractivity contribution in [2.45, 2.75) is 30.7 Å². The van der Waals surface area contributed by atoms with Crippen molar-refractivity contribution in [1.82, 2.24) is 5.32 Å². The van der Waals surface area contributed by atoms with Crippen LogP contribution in [0.2, 0.25) is 5.02 Å². The average Bonchev–Trinajstić information content (AvgIpc) is 3.01. The Balaban J connectivity index is 1.83. The van der Waals surface area contributed by atoms with Crippen LogP contribution in [0, 0.1) is 6.92 Å². The summed E-state index contributed by atoms with van der Waals surface area (Å²) < 4.78 is 0.884. The van der Waals surface area contributed by atoms with Crippen molar-refractivity contribution in [3.8, 4) is 0 Å². The van der Waals surface area contributed by atoms with Crippen molar-refractivity contribution in [2.24, 2.45) is 0 Å². The Morgan fingerprint density at radius 2 is 1.84 bits per heavy atom. The number of rotatable bonds is 2. The molecule has 6 heteroatoms. The van der Waals surface area contributed by atoms with Crippen molar-refractivity contribution in [2.75, 3.05) is 5.32 Å². The molecule has 3 aromatic rings. The Kier molecular flexibility index (Phi) is 4.91. The highest BCUT2D eigenvalue weighted by molar-refractivity contribution is 9.10. The molecule has 0 bridgehead atoms. The molecule has 3 atom stereocenters. The third-order valence-corrected chi connectivity index (χ3v) is 7.23. The van der Waals surface area contributed by atoms with E-state index in [4.69, 9.17) is 11.6 Å². The molecular formula is C25H20BrClN2O2. The maximum Gasteiger partial charge on any atom is 0.238 e. The van der Waals surface area contributed by atoms with E-state index in [1.807, 2.05) is 67.6 Å². The van der Waals surface area contributed by atoms with Crippen molar-refractivity contribution < 1.29 is 9.59 Å². The fourth-order valence-electron chi connectivity index (χ4n) is 5.18. The third-order valence-electron chi connectivity index (χ3n) is 6.50. The van der Waals surface area contributed by atoms with Gasteiger partial charge in [-0.25, -0.2) is 0 Å². The molecule has 2 aliphatic rings. The van der Waals surface area contributed by atoms with Gasteiger partial charge in [0.05, 0.1) is 6.04 Å². The summed E-state index contributed by atoms with van der Waals surface area (Å²) in [4.78, 5) is 26.8. The molecule has 0 radical (unpaired) electrons. The Morgan fingerprint density at radius 1 is 1.03 bits per heavy atom. The van der Waals surface area contributed by atoms with Gasteiger partial charge in [0.15, 0.2) is 0 Å². The zero-order valence-corrected chi connectivity index (χ0v) is 19.1. The number of benzene rings is 3. The minimum atomic E-state index is -0.999. The van der Waals surface area contributed by atoms with Crippen LogP contribution in [-0.2, 0) is 15.0 Å². The summed E-state index contributed by atoms with van der Waals surface area (Å²) in [6, 6.07) is 20.7. The molecule has 2 aliphatic heterocycles. The van der Waals surface area contributed by atoms with Gasteiger partial charge in [-0.15, -0.1) is 0 Å². The second kappa shape index (κ2) is 7.50. The van der Waals surface area contributed by atoms with Crippen LogP contribution >= 0.6 is 27.5 Å². The van der Waals surface area contributed by atoms with Crippen LogP contribution in [0.5, 0.6) is 0 Å². The number of nitrogens with one attached hydrogen (secondary N) is 2. The molecule has 1 spiro atoms. The van der Waals surface area contributed by atoms with Gasteiger partial charge in [-0.1, -0.05) is 70.0 Å². The molecule has 3 aromatic carbocycles. The molecule has 0 aliphatic carbocycles. The van der Waals surface area contributed by atoms with E-state index in [1.54, 1.807) is 6.07 Å². The molecule has 156 valence electrons. The van der Waals surface area contributed by atoms with Crippen LogP contribution in [0.1, 0.15) is 40.6 Å². The van der Waals surface area contributed by atoms with Crippen LogP contribution in [0.3, 0.4) is 0 Å². The summed E-state index contributed by atoms with van der Waals surface area (Å²) in [6.07, 6.45) is 0.200. The zero-order chi connectivity index (χ0) is 21.8. The number of fused-ring (bicyclic) bond motifs is 2. The maximum absolute atomic E-state index is 13.9. The van der Waals surface area contributed by atoms with Crippen LogP contribution < -0.4 is 10.6 Å². The molecule has 2 heterocycles. The van der Waals surface area contributed by atoms with E-state index in [0.29, 0.717) is 5.02 Å². The van der Waals surface area contributed by atoms with Gasteiger partial charge in [-0.3, -0.25) is 9.59 Å². The molecule has 1 saturated heterocycles. The Labute approximate surface area is 194 Å². The highest BCUT2D eigenvalue weighted by Crippen LogP contribution is 2.57. The molecule has 5 rings (SSSR count). The lowest BCUT2D eigenvalue weighted by molar-refractivity contribution is -0.131. The minimum Gasteiger partial charge on any atom is -0.348 e. The fraction of sp³-hybridized carbons (Fsp3) is 0.200. The molecule has 2 unspecified atom stereocenters. The molecular weight excluding hydrogens is 476 g/mol. The monoisotopic (exact) mass is 494 g/mol. The van der Waals surface area contributed by atoms with Gasteiger partial charge < -0.3 is 10.6 Å². The summed E-state index contributed by atoms with van der Waals surface area (Å²) in [7, 11) is 0. The van der Waals surface area contributed by atoms with E-state index >= 15 is 0 Å². The number of hydrogen-bond donors (Lipinski definition) is 2. The number of halogens is 2. The van der Waals surface area contributed by atoms with E-state index in [2.05, 4.69) is 26.6 Å². The quantitative estimate of drug-likeness (QED) is 0.483. The lowest BCUT2D eigenvalue weighted by Gasteiger charge is -2.46. The molecule has 0 aromatic heterocycles. The number of carbonyl (C=O) groups is 2. The summed E-state index contributed by atoms with van der Waals surface area (Å²) in [5.74, 6) is -0.562. The molecule has 31 heavy (non-hydrogen) atoms. The molecule has 2 N–H and O–H groups in total. The van der Waals surface area contributed by atoms with Crippen LogP contribution in [0.15, 0.2) is 71.2 Å². The van der Waals surface area contributed by atoms with E-state index in [-0.39, 0.29) is 24.2 Å². The predicted octanol–water partition coefficient (Wildman–Crippen LogP) is 5.65. The summed E-state index contributed by atoms with van der Waals surface area (Å²) in [5.41, 5.74) is 3.50. The topological polar surface area (TPSA) is 58.2 Å². The first-order chi connectivity index (χ1) is 14.9. The summed E-state index contributed by atoms with van der Waals surface area (Å²) >= 11 is 9.83. The predicted molar refractivity (Wildman–Crippen MR) is 125 cm³/mol. The number of piperidine rings is 1. The highest BCUT2D eigenvalue weighted by Gasteiger charge is 2.61. The van der Waals surface area contributed by atoms with Crippen molar-refractivity contribution in [3.63, 3.8) is 0 Å². The molecule has 1 fully saturated rings. The van der Waals surface area contributed by atoms with E-state index in [1.165, 1.54) is 0 Å². The van der Waals surface area contributed by atoms with E-state index in [0.717, 1.165) is 32.4 Å².